The van der Waals surface area contributed by atoms with Crippen LogP contribution in [-0.2, 0) is 29.5 Å². The summed E-state index contributed by atoms with van der Waals surface area (Å²) in [7, 11) is -3.61. The molecule has 0 amide bonds. The first-order chi connectivity index (χ1) is 14.8. The van der Waals surface area contributed by atoms with E-state index in [1.807, 2.05) is 19.9 Å². The minimum atomic E-state index is -3.61. The van der Waals surface area contributed by atoms with E-state index in [1.165, 1.54) is 4.57 Å². The number of aromatic nitrogens is 6. The molecule has 164 valence electrons. The van der Waals surface area contributed by atoms with Crippen molar-refractivity contribution in [2.45, 2.75) is 51.5 Å². The van der Waals surface area contributed by atoms with Crippen molar-refractivity contribution in [2.24, 2.45) is 0 Å². The van der Waals surface area contributed by atoms with Gasteiger partial charge in [-0.05, 0) is 25.5 Å². The normalized spacial score (nSPS) is 12.2. The third-order valence-electron chi connectivity index (χ3n) is 5.27. The summed E-state index contributed by atoms with van der Waals surface area (Å²) in [5, 5.41) is -0.0688. The predicted octanol–water partition coefficient (Wildman–Crippen LogP) is 1.51. The average molecular weight is 445 g/mol. The Balaban J connectivity index is 1.98. The summed E-state index contributed by atoms with van der Waals surface area (Å²) in [6.45, 7) is 4.84. The number of benzene rings is 1. The molecule has 0 saturated carbocycles. The van der Waals surface area contributed by atoms with Crippen LogP contribution < -0.4 is 11.2 Å². The molecule has 3 aromatic heterocycles. The number of imidazole rings is 2. The lowest BCUT2D eigenvalue weighted by Gasteiger charge is -2.09. The van der Waals surface area contributed by atoms with E-state index >= 15 is 0 Å². The Hall–Kier alpha value is -3.21. The molecule has 11 heteroatoms. The van der Waals surface area contributed by atoms with Gasteiger partial charge < -0.3 is 9.13 Å². The molecule has 4 rings (SSSR count). The largest absolute Gasteiger partial charge is 0.330 e. The number of para-hydroxylation sites is 2. The van der Waals surface area contributed by atoms with E-state index in [1.54, 1.807) is 27.3 Å². The van der Waals surface area contributed by atoms with E-state index in [-0.39, 0.29) is 11.7 Å². The smallest absolute Gasteiger partial charge is 0.321 e. The Morgan fingerprint density at radius 2 is 1.77 bits per heavy atom. The summed E-state index contributed by atoms with van der Waals surface area (Å²) in [4.78, 5) is 36.3. The predicted molar refractivity (Wildman–Crippen MR) is 117 cm³/mol. The molecule has 4 aromatic rings. The Morgan fingerprint density at radius 1 is 1.03 bits per heavy atom. The van der Waals surface area contributed by atoms with Gasteiger partial charge in [-0.15, -0.1) is 0 Å². The summed E-state index contributed by atoms with van der Waals surface area (Å²) in [5.74, 6) is 0.479. The highest BCUT2D eigenvalue weighted by Gasteiger charge is 2.23. The number of rotatable bonds is 7. The first-order valence-electron chi connectivity index (χ1n) is 10.1. The van der Waals surface area contributed by atoms with Gasteiger partial charge in [0.2, 0.25) is 15.0 Å². The molecular weight excluding hydrogens is 420 g/mol. The molecule has 3 heterocycles. The molecule has 0 aliphatic heterocycles. The van der Waals surface area contributed by atoms with E-state index in [0.717, 1.165) is 19.1 Å². The van der Waals surface area contributed by atoms with Crippen molar-refractivity contribution in [3.63, 3.8) is 0 Å². The van der Waals surface area contributed by atoms with Crippen molar-refractivity contribution in [3.8, 4) is 0 Å². The first kappa shape index (κ1) is 21.0. The maximum Gasteiger partial charge on any atom is 0.330 e. The number of nitrogens with zero attached hydrogens (tertiary/aromatic N) is 5. The van der Waals surface area contributed by atoms with Gasteiger partial charge in [-0.1, -0.05) is 25.5 Å². The lowest BCUT2D eigenvalue weighted by Crippen LogP contribution is -2.31. The fraction of sp³-hybridized carbons (Fsp3) is 0.400. The number of H-pyrrole nitrogens is 1. The number of hydrogen-bond acceptors (Lipinski definition) is 6. The number of nitrogens with one attached hydrogen (secondary N) is 1. The number of aromatic amines is 1. The van der Waals surface area contributed by atoms with Crippen LogP contribution in [-0.4, -0.2) is 43.3 Å². The van der Waals surface area contributed by atoms with Crippen LogP contribution in [0.15, 0.2) is 39.0 Å². The van der Waals surface area contributed by atoms with Gasteiger partial charge >= 0.3 is 5.69 Å². The van der Waals surface area contributed by atoms with Gasteiger partial charge in [0.15, 0.2) is 11.2 Å². The van der Waals surface area contributed by atoms with Crippen LogP contribution in [0.2, 0.25) is 0 Å². The lowest BCUT2D eigenvalue weighted by molar-refractivity contribution is 0.573. The van der Waals surface area contributed by atoms with Gasteiger partial charge in [-0.25, -0.2) is 23.2 Å². The van der Waals surface area contributed by atoms with E-state index in [0.29, 0.717) is 41.1 Å². The summed E-state index contributed by atoms with van der Waals surface area (Å²) in [5.41, 5.74) is 0.813. The topological polar surface area (TPSA) is 125 Å². The number of fused-ring (bicyclic) bond motifs is 2. The Labute approximate surface area is 178 Å². The van der Waals surface area contributed by atoms with Gasteiger partial charge in [0.25, 0.3) is 5.56 Å². The molecular formula is C20H24N6O4S. The third-order valence-corrected chi connectivity index (χ3v) is 6.24. The maximum absolute atomic E-state index is 12.6. The summed E-state index contributed by atoms with van der Waals surface area (Å²) in [6, 6.07) is 7.14. The van der Waals surface area contributed by atoms with Gasteiger partial charge in [-0.2, -0.15) is 0 Å². The number of sulfone groups is 1. The van der Waals surface area contributed by atoms with Crippen LogP contribution in [0.1, 0.15) is 32.5 Å². The maximum atomic E-state index is 12.6. The van der Waals surface area contributed by atoms with Crippen molar-refractivity contribution in [2.75, 3.05) is 6.26 Å². The van der Waals surface area contributed by atoms with Gasteiger partial charge in [0.05, 0.1) is 17.6 Å². The van der Waals surface area contributed by atoms with Crippen molar-refractivity contribution in [1.82, 2.24) is 28.7 Å². The molecule has 1 N–H and O–H groups in total. The van der Waals surface area contributed by atoms with Crippen LogP contribution in [0.25, 0.3) is 22.2 Å². The van der Waals surface area contributed by atoms with E-state index < -0.39 is 21.1 Å². The fourth-order valence-electron chi connectivity index (χ4n) is 3.83. The Morgan fingerprint density at radius 3 is 2.45 bits per heavy atom. The molecule has 10 nitrogen and oxygen atoms in total. The molecule has 0 fully saturated rings. The van der Waals surface area contributed by atoms with Crippen molar-refractivity contribution in [1.29, 1.82) is 0 Å². The zero-order valence-corrected chi connectivity index (χ0v) is 18.4. The van der Waals surface area contributed by atoms with E-state index in [2.05, 4.69) is 15.0 Å². The molecule has 31 heavy (non-hydrogen) atoms. The highest BCUT2D eigenvalue weighted by Crippen LogP contribution is 2.22. The minimum Gasteiger partial charge on any atom is -0.321 e. The average Bonchev–Trinajstić information content (AvgIpc) is 3.27. The monoisotopic (exact) mass is 444 g/mol. The highest BCUT2D eigenvalue weighted by atomic mass is 32.2. The van der Waals surface area contributed by atoms with Gasteiger partial charge in [-0.3, -0.25) is 14.3 Å². The summed E-state index contributed by atoms with van der Waals surface area (Å²) < 4.78 is 29.6. The SMILES string of the molecule is CCCCn1c(=O)[nH]c(=O)c2c1nc(Cn1c(S(C)(=O)=O)nc3ccccc31)n2CC. The molecule has 0 aliphatic carbocycles. The molecule has 0 saturated heterocycles. The first-order valence-corrected chi connectivity index (χ1v) is 12.0. The lowest BCUT2D eigenvalue weighted by atomic mass is 10.3. The number of hydrogen-bond donors (Lipinski definition) is 1. The van der Waals surface area contributed by atoms with E-state index in [4.69, 9.17) is 0 Å². The van der Waals surface area contributed by atoms with Crippen molar-refractivity contribution < 1.29 is 8.42 Å². The van der Waals surface area contributed by atoms with E-state index in [9.17, 15) is 18.0 Å². The molecule has 0 atom stereocenters. The molecule has 0 bridgehead atoms. The number of aryl methyl sites for hydroxylation is 2. The quantitative estimate of drug-likeness (QED) is 0.461. The summed E-state index contributed by atoms with van der Waals surface area (Å²) in [6.07, 6.45) is 2.76. The Bertz CT molecular complexity index is 1510. The van der Waals surface area contributed by atoms with Gasteiger partial charge in [0.1, 0.15) is 5.82 Å². The zero-order chi connectivity index (χ0) is 22.3. The van der Waals surface area contributed by atoms with Crippen molar-refractivity contribution >= 4 is 32.0 Å². The zero-order valence-electron chi connectivity index (χ0n) is 17.6. The second-order valence-corrected chi connectivity index (χ2v) is 9.36. The highest BCUT2D eigenvalue weighted by molar-refractivity contribution is 7.90. The van der Waals surface area contributed by atoms with Crippen LogP contribution in [0.3, 0.4) is 0 Å². The van der Waals surface area contributed by atoms with Crippen LogP contribution in [0, 0.1) is 0 Å². The van der Waals surface area contributed by atoms with Crippen molar-refractivity contribution in [3.05, 3.63) is 50.9 Å². The molecule has 0 aliphatic rings. The fourth-order valence-corrected chi connectivity index (χ4v) is 4.66. The van der Waals surface area contributed by atoms with Crippen LogP contribution in [0.4, 0.5) is 0 Å². The second-order valence-electron chi connectivity index (χ2n) is 7.45. The number of unbranched alkanes of at least 4 members (excludes halogenated alkanes) is 1. The molecule has 1 aromatic carbocycles. The third kappa shape index (κ3) is 3.58. The Kier molecular flexibility index (Phi) is 5.29. The van der Waals surface area contributed by atoms with Crippen LogP contribution >= 0.6 is 0 Å². The summed E-state index contributed by atoms with van der Waals surface area (Å²) >= 11 is 0. The molecule has 0 spiro atoms. The van der Waals surface area contributed by atoms with Crippen LogP contribution in [0.5, 0.6) is 0 Å². The molecule has 0 unspecified atom stereocenters. The second kappa shape index (κ2) is 7.80. The minimum absolute atomic E-state index is 0.0688. The standard InChI is InChI=1S/C20H24N6O4S/c1-4-6-11-25-17-16(18(27)23-19(25)28)24(5-2)15(22-17)12-26-14-10-8-7-9-13(14)21-20(26)31(3,29)30/h7-10H,4-6,11-12H2,1-3H3,(H,23,27,28). The molecule has 0 radical (unpaired) electrons. The van der Waals surface area contributed by atoms with Gasteiger partial charge in [0, 0.05) is 19.3 Å².